The van der Waals surface area contributed by atoms with Crippen molar-refractivity contribution in [2.75, 3.05) is 0 Å². The topological polar surface area (TPSA) is 66.8 Å². The SMILES string of the molecule is C=C(C)CC(OP(=O)(O)O)C(C)=C(F)F. The molecule has 0 saturated heterocycles. The lowest BCUT2D eigenvalue weighted by atomic mass is 10.1. The van der Waals surface area contributed by atoms with Crippen LogP contribution < -0.4 is 0 Å². The Morgan fingerprint density at radius 2 is 1.93 bits per heavy atom. The summed E-state index contributed by atoms with van der Waals surface area (Å²) in [7, 11) is -4.78. The van der Waals surface area contributed by atoms with Crippen LogP contribution >= 0.6 is 7.82 Å². The number of rotatable bonds is 5. The summed E-state index contributed by atoms with van der Waals surface area (Å²) in [5.41, 5.74) is -0.00428. The number of phosphoric acid groups is 1. The first kappa shape index (κ1) is 14.5. The summed E-state index contributed by atoms with van der Waals surface area (Å²) in [6.45, 7) is 6.08. The van der Waals surface area contributed by atoms with Crippen LogP contribution in [0.2, 0.25) is 0 Å². The quantitative estimate of drug-likeness (QED) is 0.574. The van der Waals surface area contributed by atoms with Crippen molar-refractivity contribution in [3.63, 3.8) is 0 Å². The molecule has 7 heteroatoms. The normalized spacial score (nSPS) is 13.5. The van der Waals surface area contributed by atoms with E-state index in [9.17, 15) is 13.3 Å². The van der Waals surface area contributed by atoms with Gasteiger partial charge in [-0.2, -0.15) is 8.78 Å². The fourth-order valence-electron chi connectivity index (χ4n) is 0.873. The Labute approximate surface area is 86.5 Å². The lowest BCUT2D eigenvalue weighted by Gasteiger charge is -2.18. The summed E-state index contributed by atoms with van der Waals surface area (Å²) >= 11 is 0. The molecule has 0 saturated carbocycles. The molecule has 4 nitrogen and oxygen atoms in total. The van der Waals surface area contributed by atoms with Crippen molar-refractivity contribution in [3.05, 3.63) is 23.8 Å². The molecule has 15 heavy (non-hydrogen) atoms. The summed E-state index contributed by atoms with van der Waals surface area (Å²) in [5, 5.41) is 0. The predicted molar refractivity (Wildman–Crippen MR) is 51.3 cm³/mol. The highest BCUT2D eigenvalue weighted by Crippen LogP contribution is 2.41. The Balaban J connectivity index is 4.83. The highest BCUT2D eigenvalue weighted by atomic mass is 31.2. The summed E-state index contributed by atoms with van der Waals surface area (Å²) < 4.78 is 39.2. The minimum Gasteiger partial charge on any atom is -0.303 e. The van der Waals surface area contributed by atoms with Gasteiger partial charge in [-0.1, -0.05) is 5.57 Å². The molecule has 0 bridgehead atoms. The molecule has 0 spiro atoms. The zero-order valence-electron chi connectivity index (χ0n) is 8.41. The smallest absolute Gasteiger partial charge is 0.303 e. The molecule has 0 aliphatic rings. The van der Waals surface area contributed by atoms with Crippen LogP contribution in [0.3, 0.4) is 0 Å². The number of halogens is 2. The maximum atomic E-state index is 12.2. The van der Waals surface area contributed by atoms with E-state index in [4.69, 9.17) is 9.79 Å². The third kappa shape index (κ3) is 6.52. The lowest BCUT2D eigenvalue weighted by molar-refractivity contribution is 0.150. The van der Waals surface area contributed by atoms with Gasteiger partial charge in [0.1, 0.15) is 0 Å². The van der Waals surface area contributed by atoms with Gasteiger partial charge in [-0.25, -0.2) is 4.57 Å². The highest BCUT2D eigenvalue weighted by molar-refractivity contribution is 7.46. The zero-order valence-corrected chi connectivity index (χ0v) is 9.30. The fourth-order valence-corrected chi connectivity index (χ4v) is 1.44. The van der Waals surface area contributed by atoms with Crippen molar-refractivity contribution in [1.82, 2.24) is 0 Å². The van der Waals surface area contributed by atoms with Crippen molar-refractivity contribution < 1.29 is 27.7 Å². The standard InChI is InChI=1S/C8H13F2O4P/c1-5(2)4-7(6(3)8(9)10)14-15(11,12)13/h7H,1,4H2,2-3H3,(H2,11,12,13). The molecule has 1 atom stereocenters. The van der Waals surface area contributed by atoms with Crippen molar-refractivity contribution >= 4 is 7.82 Å². The van der Waals surface area contributed by atoms with Crippen molar-refractivity contribution in [3.8, 4) is 0 Å². The number of phosphoric ester groups is 1. The second-order valence-corrected chi connectivity index (χ2v) is 4.38. The van der Waals surface area contributed by atoms with Crippen LogP contribution in [0.4, 0.5) is 8.78 Å². The van der Waals surface area contributed by atoms with Gasteiger partial charge in [0, 0.05) is 5.57 Å². The van der Waals surface area contributed by atoms with E-state index in [-0.39, 0.29) is 6.42 Å². The maximum absolute atomic E-state index is 12.2. The van der Waals surface area contributed by atoms with E-state index >= 15 is 0 Å². The lowest BCUT2D eigenvalue weighted by Crippen LogP contribution is -2.14. The molecule has 2 N–H and O–H groups in total. The third-order valence-electron chi connectivity index (χ3n) is 1.58. The van der Waals surface area contributed by atoms with E-state index < -0.39 is 25.6 Å². The van der Waals surface area contributed by atoms with Gasteiger partial charge < -0.3 is 9.79 Å². The van der Waals surface area contributed by atoms with E-state index in [0.717, 1.165) is 6.92 Å². The molecule has 0 fully saturated rings. The van der Waals surface area contributed by atoms with Crippen molar-refractivity contribution in [1.29, 1.82) is 0 Å². The molecular weight excluding hydrogens is 229 g/mol. The van der Waals surface area contributed by atoms with Crippen molar-refractivity contribution in [2.45, 2.75) is 26.4 Å². The molecule has 0 amide bonds. The van der Waals surface area contributed by atoms with Gasteiger partial charge in [0.05, 0.1) is 6.10 Å². The van der Waals surface area contributed by atoms with Gasteiger partial charge in [-0.05, 0) is 20.3 Å². The first-order valence-electron chi connectivity index (χ1n) is 4.03. The van der Waals surface area contributed by atoms with Gasteiger partial charge >= 0.3 is 7.82 Å². The van der Waals surface area contributed by atoms with E-state index in [1.807, 2.05) is 0 Å². The van der Waals surface area contributed by atoms with Gasteiger partial charge in [-0.15, -0.1) is 6.58 Å². The molecule has 1 unspecified atom stereocenters. The number of hydrogen-bond acceptors (Lipinski definition) is 2. The maximum Gasteiger partial charge on any atom is 0.470 e. The Bertz CT molecular complexity index is 317. The van der Waals surface area contributed by atoms with Crippen LogP contribution in [-0.4, -0.2) is 15.9 Å². The average Bonchev–Trinajstić information content (AvgIpc) is 1.97. The van der Waals surface area contributed by atoms with E-state index in [0.29, 0.717) is 5.57 Å². The zero-order chi connectivity index (χ0) is 12.2. The first-order chi connectivity index (χ1) is 6.63. The molecule has 0 aliphatic heterocycles. The van der Waals surface area contributed by atoms with E-state index in [1.165, 1.54) is 0 Å². The van der Waals surface area contributed by atoms with Gasteiger partial charge in [-0.3, -0.25) is 4.52 Å². The molecule has 88 valence electrons. The molecule has 0 heterocycles. The average molecular weight is 242 g/mol. The Hall–Kier alpha value is -0.550. The third-order valence-corrected chi connectivity index (χ3v) is 2.11. The van der Waals surface area contributed by atoms with Crippen LogP contribution in [0.15, 0.2) is 23.8 Å². The summed E-state index contributed by atoms with van der Waals surface area (Å²) in [5.74, 6) is 0. The van der Waals surface area contributed by atoms with Gasteiger partial charge in [0.15, 0.2) is 0 Å². The van der Waals surface area contributed by atoms with Crippen LogP contribution in [0.1, 0.15) is 20.3 Å². The molecule has 0 rings (SSSR count). The minimum absolute atomic E-state index is 0.0612. The number of hydrogen-bond donors (Lipinski definition) is 2. The van der Waals surface area contributed by atoms with Crippen molar-refractivity contribution in [2.24, 2.45) is 0 Å². The summed E-state index contributed by atoms with van der Waals surface area (Å²) in [6, 6.07) is 0. The van der Waals surface area contributed by atoms with Gasteiger partial charge in [0.25, 0.3) is 6.08 Å². The fraction of sp³-hybridized carbons (Fsp3) is 0.500. The molecule has 0 radical (unpaired) electrons. The van der Waals surface area contributed by atoms with Crippen LogP contribution in [0, 0.1) is 0 Å². The Morgan fingerprint density at radius 1 is 1.47 bits per heavy atom. The first-order valence-corrected chi connectivity index (χ1v) is 5.56. The highest BCUT2D eigenvalue weighted by Gasteiger charge is 2.25. The second kappa shape index (κ2) is 5.51. The minimum atomic E-state index is -4.78. The largest absolute Gasteiger partial charge is 0.470 e. The summed E-state index contributed by atoms with van der Waals surface area (Å²) in [6.07, 6.45) is -3.41. The predicted octanol–water partition coefficient (Wildman–Crippen LogP) is 2.60. The second-order valence-electron chi connectivity index (χ2n) is 3.19. The van der Waals surface area contributed by atoms with Crippen LogP contribution in [0.5, 0.6) is 0 Å². The monoisotopic (exact) mass is 242 g/mol. The van der Waals surface area contributed by atoms with Crippen LogP contribution in [-0.2, 0) is 9.09 Å². The summed E-state index contributed by atoms with van der Waals surface area (Å²) in [4.78, 5) is 17.0. The van der Waals surface area contributed by atoms with E-state index in [1.54, 1.807) is 6.92 Å². The van der Waals surface area contributed by atoms with E-state index in [2.05, 4.69) is 11.1 Å². The van der Waals surface area contributed by atoms with Gasteiger partial charge in [0.2, 0.25) is 0 Å². The molecule has 0 aromatic carbocycles. The molecule has 0 aromatic rings. The molecule has 0 aromatic heterocycles. The molecular formula is C8H13F2O4P. The Morgan fingerprint density at radius 3 is 2.20 bits per heavy atom. The molecule has 0 aliphatic carbocycles. The Kier molecular flexibility index (Phi) is 5.31. The van der Waals surface area contributed by atoms with Crippen LogP contribution in [0.25, 0.3) is 0 Å².